The molecule has 0 saturated carbocycles. The van der Waals surface area contributed by atoms with Gasteiger partial charge in [0.05, 0.1) is 9.83 Å². The molecular weight excluding hydrogens is 352 g/mol. The number of benzene rings is 1. The van der Waals surface area contributed by atoms with Gasteiger partial charge >= 0.3 is 5.97 Å². The second-order valence-electron chi connectivity index (χ2n) is 5.43. The van der Waals surface area contributed by atoms with Crippen LogP contribution in [0.5, 0.6) is 0 Å². The molecule has 1 aromatic rings. The number of hydrogen-bond acceptors (Lipinski definition) is 6. The molecule has 2 rings (SSSR count). The average molecular weight is 366 g/mol. The SMILES string of the molecule is CC(C)[C@@H](C(=O)O)N1C(=O)/C(=C\c2ccc([N+](=O)[O-])cc2)SC1=S. The van der Waals surface area contributed by atoms with E-state index in [1.807, 2.05) is 0 Å². The van der Waals surface area contributed by atoms with Gasteiger partial charge in [-0.15, -0.1) is 0 Å². The zero-order valence-electron chi connectivity index (χ0n) is 12.8. The maximum absolute atomic E-state index is 12.5. The van der Waals surface area contributed by atoms with Crippen molar-refractivity contribution in [3.8, 4) is 0 Å². The standard InChI is InChI=1S/C15H14N2O5S2/c1-8(2)12(14(19)20)16-13(18)11(24-15(16)23)7-9-3-5-10(6-4-9)17(21)22/h3-8,12H,1-2H3,(H,19,20)/b11-7+/t12-/m0/s1. The highest BCUT2D eigenvalue weighted by Gasteiger charge is 2.41. The molecule has 7 nitrogen and oxygen atoms in total. The molecule has 0 spiro atoms. The van der Waals surface area contributed by atoms with Gasteiger partial charge in [0, 0.05) is 12.1 Å². The third-order valence-electron chi connectivity index (χ3n) is 3.39. The first kappa shape index (κ1) is 18.1. The molecule has 1 saturated heterocycles. The molecule has 9 heteroatoms. The van der Waals surface area contributed by atoms with Gasteiger partial charge < -0.3 is 5.11 Å². The number of non-ortho nitro benzene ring substituents is 1. The van der Waals surface area contributed by atoms with E-state index in [2.05, 4.69) is 0 Å². The second-order valence-corrected chi connectivity index (χ2v) is 7.10. The third kappa shape index (κ3) is 3.62. The van der Waals surface area contributed by atoms with Crippen LogP contribution in [-0.2, 0) is 9.59 Å². The van der Waals surface area contributed by atoms with Crippen molar-refractivity contribution < 1.29 is 19.6 Å². The van der Waals surface area contributed by atoms with Crippen LogP contribution in [-0.4, -0.2) is 37.2 Å². The number of carbonyl (C=O) groups excluding carboxylic acids is 1. The number of hydrogen-bond donors (Lipinski definition) is 1. The molecule has 0 aliphatic carbocycles. The summed E-state index contributed by atoms with van der Waals surface area (Å²) in [6.07, 6.45) is 1.54. The number of nitrogens with zero attached hydrogens (tertiary/aromatic N) is 2. The van der Waals surface area contributed by atoms with Gasteiger partial charge in [0.1, 0.15) is 10.4 Å². The van der Waals surface area contributed by atoms with Crippen molar-refractivity contribution in [2.24, 2.45) is 5.92 Å². The average Bonchev–Trinajstić information content (AvgIpc) is 2.75. The van der Waals surface area contributed by atoms with Gasteiger partial charge in [-0.1, -0.05) is 37.8 Å². The predicted octanol–water partition coefficient (Wildman–Crippen LogP) is 2.91. The van der Waals surface area contributed by atoms with Gasteiger partial charge in [-0.25, -0.2) is 4.79 Å². The van der Waals surface area contributed by atoms with E-state index in [0.717, 1.165) is 16.7 Å². The zero-order valence-corrected chi connectivity index (χ0v) is 14.5. The van der Waals surface area contributed by atoms with Crippen molar-refractivity contribution in [3.05, 3.63) is 44.8 Å². The molecule has 0 aromatic heterocycles. The van der Waals surface area contributed by atoms with E-state index in [1.54, 1.807) is 19.9 Å². The molecular formula is C15H14N2O5S2. The summed E-state index contributed by atoms with van der Waals surface area (Å²) in [6.45, 7) is 3.41. The van der Waals surface area contributed by atoms with Gasteiger partial charge in [0.25, 0.3) is 11.6 Å². The first-order chi connectivity index (χ1) is 11.2. The summed E-state index contributed by atoms with van der Waals surface area (Å²) >= 11 is 6.18. The number of aliphatic carboxylic acids is 1. The number of amides is 1. The lowest BCUT2D eigenvalue weighted by Crippen LogP contribution is -2.47. The highest BCUT2D eigenvalue weighted by Crippen LogP contribution is 2.35. The number of thioether (sulfide) groups is 1. The van der Waals surface area contributed by atoms with Gasteiger partial charge in [-0.2, -0.15) is 0 Å². The van der Waals surface area contributed by atoms with Crippen molar-refractivity contribution in [1.29, 1.82) is 0 Å². The Hall–Kier alpha value is -2.26. The Morgan fingerprint density at radius 3 is 2.42 bits per heavy atom. The van der Waals surface area contributed by atoms with Crippen LogP contribution in [0.25, 0.3) is 6.08 Å². The highest BCUT2D eigenvalue weighted by molar-refractivity contribution is 8.26. The molecule has 24 heavy (non-hydrogen) atoms. The van der Waals surface area contributed by atoms with Crippen LogP contribution in [0.1, 0.15) is 19.4 Å². The Balaban J connectivity index is 2.30. The molecule has 1 N–H and O–H groups in total. The molecule has 126 valence electrons. The van der Waals surface area contributed by atoms with E-state index in [0.29, 0.717) is 10.5 Å². The minimum atomic E-state index is -1.11. The number of nitro benzene ring substituents is 1. The van der Waals surface area contributed by atoms with Crippen molar-refractivity contribution in [2.45, 2.75) is 19.9 Å². The Bertz CT molecular complexity index is 743. The fourth-order valence-electron chi connectivity index (χ4n) is 2.26. The Morgan fingerprint density at radius 2 is 1.96 bits per heavy atom. The summed E-state index contributed by atoms with van der Waals surface area (Å²) in [5, 5.41) is 20.0. The van der Waals surface area contributed by atoms with E-state index in [1.165, 1.54) is 24.3 Å². The van der Waals surface area contributed by atoms with E-state index in [-0.39, 0.29) is 15.9 Å². The summed E-state index contributed by atoms with van der Waals surface area (Å²) in [5.74, 6) is -1.88. The quantitative estimate of drug-likeness (QED) is 0.370. The number of carbonyl (C=O) groups is 2. The molecule has 1 fully saturated rings. The largest absolute Gasteiger partial charge is 0.480 e. The number of thiocarbonyl (C=S) groups is 1. The summed E-state index contributed by atoms with van der Waals surface area (Å²) in [5.41, 5.74) is 0.544. The molecule has 1 aliphatic rings. The van der Waals surface area contributed by atoms with E-state index < -0.39 is 22.8 Å². The summed E-state index contributed by atoms with van der Waals surface area (Å²) < 4.78 is 0.189. The van der Waals surface area contributed by atoms with Crippen LogP contribution in [0.4, 0.5) is 5.69 Å². The minimum absolute atomic E-state index is 0.0505. The molecule has 1 amide bonds. The Morgan fingerprint density at radius 1 is 1.38 bits per heavy atom. The van der Waals surface area contributed by atoms with Gasteiger partial charge in [0.2, 0.25) is 0 Å². The fourth-order valence-corrected chi connectivity index (χ4v) is 3.59. The van der Waals surface area contributed by atoms with E-state index >= 15 is 0 Å². The van der Waals surface area contributed by atoms with Crippen molar-refractivity contribution >= 4 is 51.9 Å². The van der Waals surface area contributed by atoms with Crippen molar-refractivity contribution in [3.63, 3.8) is 0 Å². The summed E-state index contributed by atoms with van der Waals surface area (Å²) in [6, 6.07) is 4.67. The monoisotopic (exact) mass is 366 g/mol. The van der Waals surface area contributed by atoms with Crippen molar-refractivity contribution in [1.82, 2.24) is 4.90 Å². The van der Waals surface area contributed by atoms with Crippen LogP contribution >= 0.6 is 24.0 Å². The molecule has 1 aromatic carbocycles. The van der Waals surface area contributed by atoms with Gasteiger partial charge in [-0.3, -0.25) is 19.8 Å². The lowest BCUT2D eigenvalue weighted by molar-refractivity contribution is -0.384. The van der Waals surface area contributed by atoms with Crippen LogP contribution in [0.15, 0.2) is 29.2 Å². The molecule has 1 heterocycles. The molecule has 0 radical (unpaired) electrons. The minimum Gasteiger partial charge on any atom is -0.480 e. The van der Waals surface area contributed by atoms with Gasteiger partial charge in [-0.05, 0) is 29.7 Å². The lowest BCUT2D eigenvalue weighted by atomic mass is 10.0. The number of rotatable bonds is 5. The summed E-state index contributed by atoms with van der Waals surface area (Å²) in [4.78, 5) is 35.5. The van der Waals surface area contributed by atoms with Crippen LogP contribution < -0.4 is 0 Å². The highest BCUT2D eigenvalue weighted by atomic mass is 32.2. The first-order valence-electron chi connectivity index (χ1n) is 6.96. The lowest BCUT2D eigenvalue weighted by Gasteiger charge is -2.26. The fraction of sp³-hybridized carbons (Fsp3) is 0.267. The topological polar surface area (TPSA) is 101 Å². The Kier molecular flexibility index (Phi) is 5.35. The normalized spacial score (nSPS) is 17.6. The van der Waals surface area contributed by atoms with Crippen LogP contribution in [0.2, 0.25) is 0 Å². The maximum Gasteiger partial charge on any atom is 0.327 e. The Labute approximate surface area is 147 Å². The number of nitro groups is 1. The number of carboxylic acids is 1. The van der Waals surface area contributed by atoms with Gasteiger partial charge in [0.15, 0.2) is 0 Å². The van der Waals surface area contributed by atoms with Crippen molar-refractivity contribution in [2.75, 3.05) is 0 Å². The van der Waals surface area contributed by atoms with Crippen LogP contribution in [0.3, 0.4) is 0 Å². The molecule has 0 bridgehead atoms. The predicted molar refractivity (Wildman–Crippen MR) is 94.4 cm³/mol. The molecule has 1 atom stereocenters. The maximum atomic E-state index is 12.5. The molecule has 0 unspecified atom stereocenters. The number of carboxylic acid groups (broad SMARTS) is 1. The first-order valence-corrected chi connectivity index (χ1v) is 8.19. The molecule has 1 aliphatic heterocycles. The second kappa shape index (κ2) is 7.10. The van der Waals surface area contributed by atoms with E-state index in [4.69, 9.17) is 12.2 Å². The zero-order chi connectivity index (χ0) is 18.0. The van der Waals surface area contributed by atoms with E-state index in [9.17, 15) is 24.8 Å². The smallest absolute Gasteiger partial charge is 0.327 e. The summed E-state index contributed by atoms with van der Waals surface area (Å²) in [7, 11) is 0. The third-order valence-corrected chi connectivity index (χ3v) is 4.72. The van der Waals surface area contributed by atoms with Crippen LogP contribution in [0, 0.1) is 16.0 Å².